The van der Waals surface area contributed by atoms with Gasteiger partial charge < -0.3 is 15.6 Å². The van der Waals surface area contributed by atoms with Gasteiger partial charge in [0.05, 0.1) is 5.39 Å². The maximum atomic E-state index is 6.21. The summed E-state index contributed by atoms with van der Waals surface area (Å²) in [6, 6.07) is 10.6. The second-order valence-electron chi connectivity index (χ2n) is 6.42. The molecule has 1 fully saturated rings. The quantitative estimate of drug-likeness (QED) is 0.725. The van der Waals surface area contributed by atoms with Crippen molar-refractivity contribution in [1.82, 2.24) is 15.0 Å². The van der Waals surface area contributed by atoms with Crippen LogP contribution in [0.1, 0.15) is 18.4 Å². The zero-order chi connectivity index (χ0) is 16.6. The van der Waals surface area contributed by atoms with E-state index in [-0.39, 0.29) is 5.41 Å². The van der Waals surface area contributed by atoms with Gasteiger partial charge in [0, 0.05) is 35.7 Å². The molecule has 0 saturated carbocycles. The SMILES string of the molecule is NCC1(c2cccc(Br)c2)CCN(c2ncnc3[nH]ccc23)CC1. The number of halogens is 1. The zero-order valence-corrected chi connectivity index (χ0v) is 15.0. The first-order valence-electron chi connectivity index (χ1n) is 8.21. The van der Waals surface area contributed by atoms with Gasteiger partial charge in [0.15, 0.2) is 0 Å². The third-order valence-electron chi connectivity index (χ3n) is 5.18. The van der Waals surface area contributed by atoms with Crippen LogP contribution in [0.2, 0.25) is 0 Å². The first-order valence-corrected chi connectivity index (χ1v) is 9.00. The van der Waals surface area contributed by atoms with E-state index in [1.54, 1.807) is 6.33 Å². The van der Waals surface area contributed by atoms with Gasteiger partial charge in [-0.1, -0.05) is 28.1 Å². The maximum Gasteiger partial charge on any atom is 0.142 e. The summed E-state index contributed by atoms with van der Waals surface area (Å²) in [5, 5.41) is 1.08. The average Bonchev–Trinajstić information content (AvgIpc) is 3.10. The molecule has 0 atom stereocenters. The van der Waals surface area contributed by atoms with Crippen molar-refractivity contribution in [3.8, 4) is 0 Å². The number of piperidine rings is 1. The van der Waals surface area contributed by atoms with Crippen LogP contribution in [-0.2, 0) is 5.41 Å². The lowest BCUT2D eigenvalue weighted by molar-refractivity contribution is 0.339. The van der Waals surface area contributed by atoms with E-state index in [1.165, 1.54) is 5.56 Å². The molecule has 24 heavy (non-hydrogen) atoms. The Bertz CT molecular complexity index is 851. The Morgan fingerprint density at radius 3 is 2.79 bits per heavy atom. The van der Waals surface area contributed by atoms with Crippen molar-refractivity contribution in [1.29, 1.82) is 0 Å². The minimum absolute atomic E-state index is 0.0462. The predicted octanol–water partition coefficient (Wildman–Crippen LogP) is 3.22. The monoisotopic (exact) mass is 385 g/mol. The molecule has 0 unspecified atom stereocenters. The standard InChI is InChI=1S/C18H20BrN5/c19-14-3-1-2-13(10-14)18(11-20)5-8-24(9-6-18)17-15-4-7-21-16(15)22-12-23-17/h1-4,7,10,12H,5-6,8-9,11,20H2,(H,21,22,23). The summed E-state index contributed by atoms with van der Waals surface area (Å²) in [6.07, 6.45) is 5.59. The van der Waals surface area contributed by atoms with E-state index in [4.69, 9.17) is 5.73 Å². The second-order valence-corrected chi connectivity index (χ2v) is 7.33. The van der Waals surface area contributed by atoms with Crippen LogP contribution in [0.15, 0.2) is 47.3 Å². The molecule has 1 aliphatic rings. The molecule has 1 aromatic carbocycles. The highest BCUT2D eigenvalue weighted by Gasteiger charge is 2.35. The lowest BCUT2D eigenvalue weighted by Crippen LogP contribution is -2.47. The Morgan fingerprint density at radius 2 is 2.04 bits per heavy atom. The maximum absolute atomic E-state index is 6.21. The molecule has 5 nitrogen and oxygen atoms in total. The number of benzene rings is 1. The van der Waals surface area contributed by atoms with Crippen molar-refractivity contribution in [2.75, 3.05) is 24.5 Å². The fourth-order valence-electron chi connectivity index (χ4n) is 3.69. The zero-order valence-electron chi connectivity index (χ0n) is 13.4. The molecular weight excluding hydrogens is 366 g/mol. The lowest BCUT2D eigenvalue weighted by atomic mass is 9.73. The van der Waals surface area contributed by atoms with Gasteiger partial charge in [-0.05, 0) is 36.6 Å². The molecule has 0 bridgehead atoms. The highest BCUT2D eigenvalue weighted by atomic mass is 79.9. The van der Waals surface area contributed by atoms with Crippen LogP contribution < -0.4 is 10.6 Å². The summed E-state index contributed by atoms with van der Waals surface area (Å²) in [5.41, 5.74) is 8.48. The Labute approximate surface area is 149 Å². The van der Waals surface area contributed by atoms with Gasteiger partial charge in [0.25, 0.3) is 0 Å². The summed E-state index contributed by atoms with van der Waals surface area (Å²) in [7, 11) is 0. The predicted molar refractivity (Wildman–Crippen MR) is 100 cm³/mol. The number of hydrogen-bond donors (Lipinski definition) is 2. The van der Waals surface area contributed by atoms with Gasteiger partial charge in [-0.15, -0.1) is 0 Å². The molecule has 0 aliphatic carbocycles. The van der Waals surface area contributed by atoms with Crippen LogP contribution in [0.25, 0.3) is 11.0 Å². The minimum atomic E-state index is 0.0462. The van der Waals surface area contributed by atoms with Gasteiger partial charge >= 0.3 is 0 Å². The Hall–Kier alpha value is -1.92. The fraction of sp³-hybridized carbons (Fsp3) is 0.333. The van der Waals surface area contributed by atoms with Crippen molar-refractivity contribution in [2.45, 2.75) is 18.3 Å². The second kappa shape index (κ2) is 6.18. The van der Waals surface area contributed by atoms with E-state index in [2.05, 4.69) is 60.0 Å². The molecule has 0 amide bonds. The van der Waals surface area contributed by atoms with Crippen LogP contribution in [0.5, 0.6) is 0 Å². The van der Waals surface area contributed by atoms with E-state index < -0.39 is 0 Å². The number of nitrogens with two attached hydrogens (primary N) is 1. The Morgan fingerprint density at radius 1 is 1.21 bits per heavy atom. The summed E-state index contributed by atoms with van der Waals surface area (Å²) in [5.74, 6) is 1.01. The van der Waals surface area contributed by atoms with Gasteiger partial charge in [0.1, 0.15) is 17.8 Å². The van der Waals surface area contributed by atoms with Crippen LogP contribution in [0, 0.1) is 0 Å². The minimum Gasteiger partial charge on any atom is -0.356 e. The summed E-state index contributed by atoms with van der Waals surface area (Å²) >= 11 is 3.58. The van der Waals surface area contributed by atoms with E-state index >= 15 is 0 Å². The largest absolute Gasteiger partial charge is 0.356 e. The third-order valence-corrected chi connectivity index (χ3v) is 5.67. The van der Waals surface area contributed by atoms with Gasteiger partial charge in [-0.2, -0.15) is 0 Å². The number of fused-ring (bicyclic) bond motifs is 1. The number of nitrogens with zero attached hydrogens (tertiary/aromatic N) is 3. The smallest absolute Gasteiger partial charge is 0.142 e. The first-order chi connectivity index (χ1) is 11.7. The number of aromatic amines is 1. The highest BCUT2D eigenvalue weighted by Crippen LogP contribution is 2.37. The van der Waals surface area contributed by atoms with E-state index in [0.29, 0.717) is 6.54 Å². The van der Waals surface area contributed by atoms with Crippen molar-refractivity contribution in [3.05, 3.63) is 52.9 Å². The summed E-state index contributed by atoms with van der Waals surface area (Å²) in [4.78, 5) is 14.3. The van der Waals surface area contributed by atoms with E-state index in [0.717, 1.165) is 47.3 Å². The van der Waals surface area contributed by atoms with Crippen molar-refractivity contribution < 1.29 is 0 Å². The molecule has 6 heteroatoms. The van der Waals surface area contributed by atoms with Crippen LogP contribution in [0.3, 0.4) is 0 Å². The Kier molecular flexibility index (Phi) is 4.02. The molecule has 0 radical (unpaired) electrons. The molecule has 3 aromatic rings. The molecule has 3 heterocycles. The van der Waals surface area contributed by atoms with Gasteiger partial charge in [0.2, 0.25) is 0 Å². The molecule has 2 aromatic heterocycles. The van der Waals surface area contributed by atoms with Gasteiger partial charge in [-0.3, -0.25) is 0 Å². The van der Waals surface area contributed by atoms with Gasteiger partial charge in [-0.25, -0.2) is 9.97 Å². The highest BCUT2D eigenvalue weighted by molar-refractivity contribution is 9.10. The van der Waals surface area contributed by atoms with Crippen LogP contribution >= 0.6 is 15.9 Å². The molecule has 124 valence electrons. The topological polar surface area (TPSA) is 70.8 Å². The molecule has 0 spiro atoms. The normalized spacial score (nSPS) is 17.3. The molecular formula is C18H20BrN5. The number of aromatic nitrogens is 3. The number of hydrogen-bond acceptors (Lipinski definition) is 4. The molecule has 1 aliphatic heterocycles. The van der Waals surface area contributed by atoms with E-state index in [1.807, 2.05) is 12.3 Å². The van der Waals surface area contributed by atoms with Crippen molar-refractivity contribution in [2.24, 2.45) is 5.73 Å². The van der Waals surface area contributed by atoms with Crippen molar-refractivity contribution in [3.63, 3.8) is 0 Å². The molecule has 1 saturated heterocycles. The molecule has 3 N–H and O–H groups in total. The summed E-state index contributed by atoms with van der Waals surface area (Å²) < 4.78 is 1.11. The summed E-state index contributed by atoms with van der Waals surface area (Å²) in [6.45, 7) is 2.56. The number of rotatable bonds is 3. The lowest BCUT2D eigenvalue weighted by Gasteiger charge is -2.42. The molecule has 4 rings (SSSR count). The van der Waals surface area contributed by atoms with E-state index in [9.17, 15) is 0 Å². The number of H-pyrrole nitrogens is 1. The Balaban J connectivity index is 1.61. The number of nitrogens with one attached hydrogen (secondary N) is 1. The number of anilines is 1. The average molecular weight is 386 g/mol. The van der Waals surface area contributed by atoms with Crippen LogP contribution in [0.4, 0.5) is 5.82 Å². The van der Waals surface area contributed by atoms with Crippen molar-refractivity contribution >= 4 is 32.8 Å². The fourth-order valence-corrected chi connectivity index (χ4v) is 4.09. The third kappa shape index (κ3) is 2.59. The first kappa shape index (κ1) is 15.6. The van der Waals surface area contributed by atoms with Crippen LogP contribution in [-0.4, -0.2) is 34.6 Å².